The van der Waals surface area contributed by atoms with E-state index in [9.17, 15) is 9.90 Å². The summed E-state index contributed by atoms with van der Waals surface area (Å²) in [5.74, 6) is 0.198. The Balaban J connectivity index is 2.68. The van der Waals surface area contributed by atoms with Crippen molar-refractivity contribution in [2.45, 2.75) is 39.7 Å². The molecule has 112 valence electrons. The number of hydrogen-bond acceptors (Lipinski definition) is 4. The van der Waals surface area contributed by atoms with Gasteiger partial charge in [0.1, 0.15) is 5.75 Å². The molecule has 0 aliphatic heterocycles. The Morgan fingerprint density at radius 2 is 2.10 bits per heavy atom. The quantitative estimate of drug-likeness (QED) is 0.744. The molecule has 0 spiro atoms. The second-order valence-corrected chi connectivity index (χ2v) is 5.26. The van der Waals surface area contributed by atoms with Crippen LogP contribution in [0.3, 0.4) is 0 Å². The van der Waals surface area contributed by atoms with E-state index in [2.05, 4.69) is 0 Å². The zero-order chi connectivity index (χ0) is 15.0. The highest BCUT2D eigenvalue weighted by molar-refractivity contribution is 5.75. The minimum Gasteiger partial charge on any atom is -0.508 e. The lowest BCUT2D eigenvalue weighted by Crippen LogP contribution is -2.30. The Bertz CT molecular complexity index is 415. The van der Waals surface area contributed by atoms with E-state index in [-0.39, 0.29) is 11.7 Å². The Morgan fingerprint density at radius 3 is 2.70 bits per heavy atom. The molecule has 0 saturated carbocycles. The van der Waals surface area contributed by atoms with E-state index in [0.29, 0.717) is 25.6 Å². The Labute approximate surface area is 120 Å². The minimum atomic E-state index is -0.620. The average molecular weight is 280 g/mol. The monoisotopic (exact) mass is 280 g/mol. The number of phenols is 1. The van der Waals surface area contributed by atoms with Crippen LogP contribution in [0.1, 0.15) is 32.8 Å². The molecule has 0 heterocycles. The van der Waals surface area contributed by atoms with E-state index in [0.717, 1.165) is 12.0 Å². The number of rotatable bonds is 8. The van der Waals surface area contributed by atoms with E-state index in [1.54, 1.807) is 18.2 Å². The number of ether oxygens (including phenoxy) is 2. The SMILES string of the molecule is CCCOC(=O)C(Cc1cccc(O)c1)OCC(C)C. The first kappa shape index (κ1) is 16.5. The first-order chi connectivity index (χ1) is 9.52. The second-order valence-electron chi connectivity index (χ2n) is 5.26. The maximum absolute atomic E-state index is 12.0. The minimum absolute atomic E-state index is 0.187. The third-order valence-electron chi connectivity index (χ3n) is 2.67. The summed E-state index contributed by atoms with van der Waals surface area (Å²) in [5, 5.41) is 9.47. The van der Waals surface area contributed by atoms with Crippen LogP contribution < -0.4 is 0 Å². The number of carbonyl (C=O) groups is 1. The average Bonchev–Trinajstić information content (AvgIpc) is 2.40. The zero-order valence-electron chi connectivity index (χ0n) is 12.5. The van der Waals surface area contributed by atoms with Crippen molar-refractivity contribution in [3.63, 3.8) is 0 Å². The Hall–Kier alpha value is -1.55. The molecular formula is C16H24O4. The molecule has 1 atom stereocenters. The molecule has 0 radical (unpaired) electrons. The van der Waals surface area contributed by atoms with Crippen molar-refractivity contribution >= 4 is 5.97 Å². The maximum Gasteiger partial charge on any atom is 0.335 e. The highest BCUT2D eigenvalue weighted by Gasteiger charge is 2.21. The molecule has 4 nitrogen and oxygen atoms in total. The maximum atomic E-state index is 12.0. The molecule has 1 N–H and O–H groups in total. The summed E-state index contributed by atoms with van der Waals surface area (Å²) in [6, 6.07) is 6.85. The van der Waals surface area contributed by atoms with Gasteiger partial charge in [-0.1, -0.05) is 32.9 Å². The van der Waals surface area contributed by atoms with Crippen LogP contribution in [0.5, 0.6) is 5.75 Å². The molecule has 1 aromatic carbocycles. The number of benzene rings is 1. The topological polar surface area (TPSA) is 55.8 Å². The van der Waals surface area contributed by atoms with Gasteiger partial charge in [-0.3, -0.25) is 0 Å². The summed E-state index contributed by atoms with van der Waals surface area (Å²) in [6.07, 6.45) is 0.573. The van der Waals surface area contributed by atoms with E-state index in [1.807, 2.05) is 26.8 Å². The fourth-order valence-electron chi connectivity index (χ4n) is 1.71. The van der Waals surface area contributed by atoms with Crippen molar-refractivity contribution in [3.8, 4) is 5.75 Å². The summed E-state index contributed by atoms with van der Waals surface area (Å²) in [7, 11) is 0. The van der Waals surface area contributed by atoms with E-state index in [4.69, 9.17) is 9.47 Å². The van der Waals surface area contributed by atoms with Crippen LogP contribution in [0.2, 0.25) is 0 Å². The Kier molecular flexibility index (Phi) is 7.09. The van der Waals surface area contributed by atoms with Gasteiger partial charge in [0, 0.05) is 6.42 Å². The van der Waals surface area contributed by atoms with Crippen molar-refractivity contribution in [2.75, 3.05) is 13.2 Å². The van der Waals surface area contributed by atoms with E-state index in [1.165, 1.54) is 0 Å². The molecule has 0 fully saturated rings. The molecular weight excluding hydrogens is 256 g/mol. The van der Waals surface area contributed by atoms with Crippen LogP contribution in [0, 0.1) is 5.92 Å². The lowest BCUT2D eigenvalue weighted by molar-refractivity contribution is -0.157. The van der Waals surface area contributed by atoms with Crippen molar-refractivity contribution in [1.29, 1.82) is 0 Å². The van der Waals surface area contributed by atoms with Crippen LogP contribution in [0.25, 0.3) is 0 Å². The smallest absolute Gasteiger partial charge is 0.335 e. The number of aromatic hydroxyl groups is 1. The lowest BCUT2D eigenvalue weighted by Gasteiger charge is -2.18. The molecule has 20 heavy (non-hydrogen) atoms. The largest absolute Gasteiger partial charge is 0.508 e. The number of carbonyl (C=O) groups excluding carboxylic acids is 1. The number of hydrogen-bond donors (Lipinski definition) is 1. The van der Waals surface area contributed by atoms with Crippen LogP contribution in [-0.4, -0.2) is 30.4 Å². The van der Waals surface area contributed by atoms with Gasteiger partial charge < -0.3 is 14.6 Å². The van der Waals surface area contributed by atoms with Gasteiger partial charge in [-0.05, 0) is 30.0 Å². The van der Waals surface area contributed by atoms with E-state index >= 15 is 0 Å². The number of esters is 1. The molecule has 0 saturated heterocycles. The van der Waals surface area contributed by atoms with Gasteiger partial charge in [0.25, 0.3) is 0 Å². The fourth-order valence-corrected chi connectivity index (χ4v) is 1.71. The molecule has 1 unspecified atom stereocenters. The van der Waals surface area contributed by atoms with Gasteiger partial charge in [-0.15, -0.1) is 0 Å². The predicted molar refractivity (Wildman–Crippen MR) is 77.6 cm³/mol. The van der Waals surface area contributed by atoms with Crippen LogP contribution in [-0.2, 0) is 20.7 Å². The van der Waals surface area contributed by atoms with Crippen LogP contribution >= 0.6 is 0 Å². The highest BCUT2D eigenvalue weighted by atomic mass is 16.6. The summed E-state index contributed by atoms with van der Waals surface area (Å²) < 4.78 is 10.8. The van der Waals surface area contributed by atoms with Gasteiger partial charge in [0.15, 0.2) is 6.10 Å². The highest BCUT2D eigenvalue weighted by Crippen LogP contribution is 2.15. The fraction of sp³-hybridized carbons (Fsp3) is 0.562. The molecule has 0 aliphatic rings. The second kappa shape index (κ2) is 8.59. The number of phenolic OH excluding ortho intramolecular Hbond substituents is 1. The molecule has 4 heteroatoms. The van der Waals surface area contributed by atoms with Gasteiger partial charge in [-0.25, -0.2) is 4.79 Å². The van der Waals surface area contributed by atoms with Crippen molar-refractivity contribution in [2.24, 2.45) is 5.92 Å². The first-order valence-electron chi connectivity index (χ1n) is 7.09. The summed E-state index contributed by atoms with van der Waals surface area (Å²) >= 11 is 0. The molecule has 1 aromatic rings. The van der Waals surface area contributed by atoms with Gasteiger partial charge in [-0.2, -0.15) is 0 Å². The summed E-state index contributed by atoms with van der Waals surface area (Å²) in [5.41, 5.74) is 0.854. The third kappa shape index (κ3) is 6.06. The van der Waals surface area contributed by atoms with Crippen molar-refractivity contribution in [1.82, 2.24) is 0 Å². The Morgan fingerprint density at radius 1 is 1.35 bits per heavy atom. The third-order valence-corrected chi connectivity index (χ3v) is 2.67. The zero-order valence-corrected chi connectivity index (χ0v) is 12.5. The molecule has 0 aliphatic carbocycles. The van der Waals surface area contributed by atoms with Gasteiger partial charge >= 0.3 is 5.97 Å². The standard InChI is InChI=1S/C16H24O4/c1-4-8-19-16(18)15(20-11-12(2)3)10-13-6-5-7-14(17)9-13/h5-7,9,12,15,17H,4,8,10-11H2,1-3H3. The van der Waals surface area contributed by atoms with Gasteiger partial charge in [0.05, 0.1) is 13.2 Å². The van der Waals surface area contributed by atoms with Gasteiger partial charge in [0.2, 0.25) is 0 Å². The normalized spacial score (nSPS) is 12.4. The summed E-state index contributed by atoms with van der Waals surface area (Å²) in [4.78, 5) is 12.0. The van der Waals surface area contributed by atoms with E-state index < -0.39 is 6.10 Å². The molecule has 0 aromatic heterocycles. The lowest BCUT2D eigenvalue weighted by atomic mass is 10.1. The van der Waals surface area contributed by atoms with Crippen molar-refractivity contribution < 1.29 is 19.4 Å². The predicted octanol–water partition coefficient (Wildman–Crippen LogP) is 2.93. The summed E-state index contributed by atoms with van der Waals surface area (Å²) in [6.45, 7) is 6.92. The van der Waals surface area contributed by atoms with Crippen LogP contribution in [0.4, 0.5) is 0 Å². The first-order valence-corrected chi connectivity index (χ1v) is 7.09. The molecule has 0 bridgehead atoms. The molecule has 0 amide bonds. The molecule has 1 rings (SSSR count). The van der Waals surface area contributed by atoms with Crippen molar-refractivity contribution in [3.05, 3.63) is 29.8 Å². The van der Waals surface area contributed by atoms with Crippen LogP contribution in [0.15, 0.2) is 24.3 Å².